The van der Waals surface area contributed by atoms with Crippen LogP contribution < -0.4 is 5.32 Å². The highest BCUT2D eigenvalue weighted by molar-refractivity contribution is 4.68. The summed E-state index contributed by atoms with van der Waals surface area (Å²) in [6.07, 6.45) is 5.26. The van der Waals surface area contributed by atoms with Gasteiger partial charge in [0.05, 0.1) is 0 Å². The number of likely N-dealkylation sites (N-methyl/N-ethyl adjacent to an activating group) is 2. The van der Waals surface area contributed by atoms with Crippen LogP contribution in [0.5, 0.6) is 0 Å². The second kappa shape index (κ2) is 8.52. The number of nitrogens with one attached hydrogen (secondary N) is 1. The Kier molecular flexibility index (Phi) is 8.46. The summed E-state index contributed by atoms with van der Waals surface area (Å²) in [5, 5.41) is 3.25. The summed E-state index contributed by atoms with van der Waals surface area (Å²) in [7, 11) is 4.27. The van der Waals surface area contributed by atoms with Crippen molar-refractivity contribution in [1.82, 2.24) is 10.2 Å². The molecule has 0 aromatic rings. The maximum absolute atomic E-state index is 3.25. The Morgan fingerprint density at radius 3 is 2.38 bits per heavy atom. The van der Waals surface area contributed by atoms with E-state index in [9.17, 15) is 0 Å². The molecule has 0 heterocycles. The summed E-state index contributed by atoms with van der Waals surface area (Å²) >= 11 is 0. The standard InChI is InChI=1S/C11H26N2/c1-5-7-8-9-13(4)11(6-2)10-12-3/h11-12H,5-10H2,1-4H3. The van der Waals surface area contributed by atoms with Gasteiger partial charge in [0.2, 0.25) is 0 Å². The van der Waals surface area contributed by atoms with Crippen LogP contribution in [0.2, 0.25) is 0 Å². The van der Waals surface area contributed by atoms with Crippen LogP contribution in [0.15, 0.2) is 0 Å². The van der Waals surface area contributed by atoms with Gasteiger partial charge >= 0.3 is 0 Å². The Balaban J connectivity index is 3.57. The van der Waals surface area contributed by atoms with Crippen LogP contribution in [0.25, 0.3) is 0 Å². The Labute approximate surface area is 83.7 Å². The third-order valence-corrected chi connectivity index (χ3v) is 2.65. The van der Waals surface area contributed by atoms with Crippen molar-refractivity contribution in [2.24, 2.45) is 0 Å². The van der Waals surface area contributed by atoms with E-state index in [1.165, 1.54) is 32.2 Å². The van der Waals surface area contributed by atoms with Gasteiger partial charge in [-0.2, -0.15) is 0 Å². The van der Waals surface area contributed by atoms with E-state index in [-0.39, 0.29) is 0 Å². The van der Waals surface area contributed by atoms with Gasteiger partial charge in [-0.25, -0.2) is 0 Å². The zero-order chi connectivity index (χ0) is 10.1. The molecule has 0 radical (unpaired) electrons. The normalized spacial score (nSPS) is 13.6. The molecule has 0 bridgehead atoms. The van der Waals surface area contributed by atoms with E-state index in [0.717, 1.165) is 6.54 Å². The van der Waals surface area contributed by atoms with Crippen molar-refractivity contribution in [3.8, 4) is 0 Å². The van der Waals surface area contributed by atoms with Crippen LogP contribution in [0.3, 0.4) is 0 Å². The molecule has 1 unspecified atom stereocenters. The lowest BCUT2D eigenvalue weighted by atomic mass is 10.1. The maximum atomic E-state index is 3.25. The zero-order valence-electron chi connectivity index (χ0n) is 9.77. The van der Waals surface area contributed by atoms with Crippen LogP contribution in [0.1, 0.15) is 39.5 Å². The summed E-state index contributed by atoms with van der Waals surface area (Å²) in [6, 6.07) is 0.710. The lowest BCUT2D eigenvalue weighted by Gasteiger charge is -2.26. The minimum Gasteiger partial charge on any atom is -0.318 e. The Morgan fingerprint density at radius 2 is 1.92 bits per heavy atom. The van der Waals surface area contributed by atoms with Gasteiger partial charge in [0, 0.05) is 12.6 Å². The highest BCUT2D eigenvalue weighted by atomic mass is 15.1. The van der Waals surface area contributed by atoms with Gasteiger partial charge in [-0.1, -0.05) is 26.7 Å². The topological polar surface area (TPSA) is 15.3 Å². The second-order valence-electron chi connectivity index (χ2n) is 3.81. The van der Waals surface area contributed by atoms with Crippen LogP contribution in [-0.4, -0.2) is 38.1 Å². The fourth-order valence-electron chi connectivity index (χ4n) is 1.64. The summed E-state index contributed by atoms with van der Waals surface area (Å²) in [4.78, 5) is 2.48. The minimum absolute atomic E-state index is 0.710. The molecule has 0 amide bonds. The summed E-state index contributed by atoms with van der Waals surface area (Å²) < 4.78 is 0. The smallest absolute Gasteiger partial charge is 0.0214 e. The third kappa shape index (κ3) is 6.05. The first kappa shape index (κ1) is 12.9. The van der Waals surface area contributed by atoms with Crippen molar-refractivity contribution < 1.29 is 0 Å². The van der Waals surface area contributed by atoms with Gasteiger partial charge in [0.25, 0.3) is 0 Å². The molecule has 0 aliphatic heterocycles. The molecule has 2 heteroatoms. The molecular weight excluding hydrogens is 160 g/mol. The van der Waals surface area contributed by atoms with E-state index in [1.54, 1.807) is 0 Å². The summed E-state index contributed by atoms with van der Waals surface area (Å²) in [5.41, 5.74) is 0. The number of hydrogen-bond donors (Lipinski definition) is 1. The van der Waals surface area contributed by atoms with Crippen molar-refractivity contribution in [3.05, 3.63) is 0 Å². The van der Waals surface area contributed by atoms with Crippen molar-refractivity contribution in [2.75, 3.05) is 27.2 Å². The zero-order valence-corrected chi connectivity index (χ0v) is 9.77. The average molecular weight is 186 g/mol. The Hall–Kier alpha value is -0.0800. The fourth-order valence-corrected chi connectivity index (χ4v) is 1.64. The van der Waals surface area contributed by atoms with E-state index in [2.05, 4.69) is 31.1 Å². The van der Waals surface area contributed by atoms with Gasteiger partial charge in [0.1, 0.15) is 0 Å². The highest BCUT2D eigenvalue weighted by Crippen LogP contribution is 2.03. The summed E-state index contributed by atoms with van der Waals surface area (Å²) in [5.74, 6) is 0. The molecule has 0 spiro atoms. The quantitative estimate of drug-likeness (QED) is 0.584. The lowest BCUT2D eigenvalue weighted by molar-refractivity contribution is 0.228. The largest absolute Gasteiger partial charge is 0.318 e. The third-order valence-electron chi connectivity index (χ3n) is 2.65. The predicted octanol–water partition coefficient (Wildman–Crippen LogP) is 2.11. The Bertz CT molecular complexity index is 104. The average Bonchev–Trinajstić information content (AvgIpc) is 2.14. The molecule has 0 aromatic carbocycles. The van der Waals surface area contributed by atoms with Crippen LogP contribution >= 0.6 is 0 Å². The molecule has 2 nitrogen and oxygen atoms in total. The molecule has 0 saturated carbocycles. The maximum Gasteiger partial charge on any atom is 0.0214 e. The van der Waals surface area contributed by atoms with Crippen LogP contribution in [0, 0.1) is 0 Å². The number of unbranched alkanes of at least 4 members (excludes halogenated alkanes) is 2. The van der Waals surface area contributed by atoms with Crippen molar-refractivity contribution in [2.45, 2.75) is 45.6 Å². The molecule has 0 aromatic heterocycles. The number of nitrogens with zero attached hydrogens (tertiary/aromatic N) is 1. The molecule has 0 fully saturated rings. The van der Waals surface area contributed by atoms with Crippen molar-refractivity contribution in [3.63, 3.8) is 0 Å². The van der Waals surface area contributed by atoms with E-state index in [4.69, 9.17) is 0 Å². The van der Waals surface area contributed by atoms with Gasteiger partial charge < -0.3 is 10.2 Å². The van der Waals surface area contributed by atoms with E-state index >= 15 is 0 Å². The van der Waals surface area contributed by atoms with E-state index in [1.807, 2.05) is 7.05 Å². The lowest BCUT2D eigenvalue weighted by Crippen LogP contribution is -2.39. The first-order valence-corrected chi connectivity index (χ1v) is 5.61. The van der Waals surface area contributed by atoms with Crippen LogP contribution in [-0.2, 0) is 0 Å². The summed E-state index contributed by atoms with van der Waals surface area (Å²) in [6.45, 7) is 6.87. The van der Waals surface area contributed by atoms with Gasteiger partial charge in [0.15, 0.2) is 0 Å². The molecular formula is C11H26N2. The van der Waals surface area contributed by atoms with Gasteiger partial charge in [-0.05, 0) is 33.5 Å². The second-order valence-corrected chi connectivity index (χ2v) is 3.81. The fraction of sp³-hybridized carbons (Fsp3) is 1.00. The Morgan fingerprint density at radius 1 is 1.23 bits per heavy atom. The molecule has 80 valence electrons. The number of rotatable bonds is 8. The molecule has 1 N–H and O–H groups in total. The minimum atomic E-state index is 0.710. The monoisotopic (exact) mass is 186 g/mol. The van der Waals surface area contributed by atoms with Crippen molar-refractivity contribution in [1.29, 1.82) is 0 Å². The molecule has 0 saturated heterocycles. The van der Waals surface area contributed by atoms with Gasteiger partial charge in [-0.3, -0.25) is 0 Å². The molecule has 0 aliphatic rings. The van der Waals surface area contributed by atoms with Gasteiger partial charge in [-0.15, -0.1) is 0 Å². The van der Waals surface area contributed by atoms with Crippen molar-refractivity contribution >= 4 is 0 Å². The van der Waals surface area contributed by atoms with E-state index < -0.39 is 0 Å². The number of hydrogen-bond acceptors (Lipinski definition) is 2. The first-order chi connectivity index (χ1) is 6.26. The SMILES string of the molecule is CCCCCN(C)C(CC)CNC. The molecule has 13 heavy (non-hydrogen) atoms. The molecule has 1 atom stereocenters. The predicted molar refractivity (Wildman–Crippen MR) is 60.2 cm³/mol. The molecule has 0 rings (SSSR count). The molecule has 0 aliphatic carbocycles. The van der Waals surface area contributed by atoms with Crippen LogP contribution in [0.4, 0.5) is 0 Å². The first-order valence-electron chi connectivity index (χ1n) is 5.61. The highest BCUT2D eigenvalue weighted by Gasteiger charge is 2.10. The van der Waals surface area contributed by atoms with E-state index in [0.29, 0.717) is 6.04 Å².